The van der Waals surface area contributed by atoms with Gasteiger partial charge in [-0.05, 0) is 12.1 Å². The molecule has 1 aliphatic rings. The monoisotopic (exact) mass is 193 g/mol. The van der Waals surface area contributed by atoms with Crippen LogP contribution in [0.5, 0.6) is 0 Å². The Bertz CT molecular complexity index is 290. The molecule has 0 spiro atoms. The van der Waals surface area contributed by atoms with Crippen LogP contribution in [0.1, 0.15) is 5.69 Å². The molecule has 1 aliphatic heterocycles. The average molecular weight is 193 g/mol. The second-order valence-corrected chi connectivity index (χ2v) is 3.59. The van der Waals surface area contributed by atoms with Crippen molar-refractivity contribution in [2.45, 2.75) is 6.42 Å². The van der Waals surface area contributed by atoms with E-state index in [4.69, 9.17) is 0 Å². The first-order valence-electron chi connectivity index (χ1n) is 4.97. The van der Waals surface area contributed by atoms with Crippen molar-refractivity contribution in [1.82, 2.24) is 15.6 Å². The van der Waals surface area contributed by atoms with Gasteiger partial charge in [-0.15, -0.1) is 0 Å². The number of carbonyl (C=O) groups excluding carboxylic acids is 1. The highest BCUT2D eigenvalue weighted by Crippen LogP contribution is 2.02. The molecule has 0 unspecified atom stereocenters. The van der Waals surface area contributed by atoms with Crippen molar-refractivity contribution in [3.05, 3.63) is 24.0 Å². The van der Waals surface area contributed by atoms with Gasteiger partial charge in [0.1, 0.15) is 0 Å². The smallest absolute Gasteiger partial charge is 0.225 e. The Labute approximate surface area is 83.1 Å². The third-order valence-electron chi connectivity index (χ3n) is 2.51. The fraction of sp³-hybridized carbons (Fsp3) is 0.500. The first-order chi connectivity index (χ1) is 6.86. The maximum atomic E-state index is 11.4. The van der Waals surface area contributed by atoms with E-state index >= 15 is 0 Å². The summed E-state index contributed by atoms with van der Waals surface area (Å²) in [7, 11) is 0. The van der Waals surface area contributed by atoms with Crippen molar-refractivity contribution in [1.29, 1.82) is 0 Å². The fourth-order valence-electron chi connectivity index (χ4n) is 1.46. The van der Waals surface area contributed by atoms with Gasteiger partial charge in [-0.3, -0.25) is 4.79 Å². The maximum Gasteiger partial charge on any atom is 0.225 e. The number of nitrogens with one attached hydrogen (secondary N) is 3. The molecule has 1 aromatic rings. The Morgan fingerprint density at radius 3 is 3.00 bits per heavy atom. The summed E-state index contributed by atoms with van der Waals surface area (Å²) in [5.74, 6) is 0.369. The largest absolute Gasteiger partial charge is 0.365 e. The van der Waals surface area contributed by atoms with Gasteiger partial charge in [0.2, 0.25) is 5.91 Å². The summed E-state index contributed by atoms with van der Waals surface area (Å²) in [5, 5.41) is 6.00. The topological polar surface area (TPSA) is 56.9 Å². The molecule has 3 N–H and O–H groups in total. The molecule has 0 saturated carbocycles. The third kappa shape index (κ3) is 2.14. The van der Waals surface area contributed by atoms with Gasteiger partial charge < -0.3 is 15.6 Å². The van der Waals surface area contributed by atoms with E-state index in [0.717, 1.165) is 31.7 Å². The van der Waals surface area contributed by atoms with Gasteiger partial charge in [-0.2, -0.15) is 0 Å². The van der Waals surface area contributed by atoms with Gasteiger partial charge >= 0.3 is 0 Å². The lowest BCUT2D eigenvalue weighted by Gasteiger charge is -2.25. The Morgan fingerprint density at radius 1 is 1.57 bits per heavy atom. The van der Waals surface area contributed by atoms with Crippen molar-refractivity contribution in [2.75, 3.05) is 19.6 Å². The Morgan fingerprint density at radius 2 is 2.43 bits per heavy atom. The number of rotatable bonds is 4. The molecule has 1 saturated heterocycles. The number of H-pyrrole nitrogens is 1. The van der Waals surface area contributed by atoms with Crippen molar-refractivity contribution < 1.29 is 4.79 Å². The van der Waals surface area contributed by atoms with E-state index in [-0.39, 0.29) is 11.8 Å². The molecular weight excluding hydrogens is 178 g/mol. The van der Waals surface area contributed by atoms with E-state index in [0.29, 0.717) is 0 Å². The molecule has 0 atom stereocenters. The summed E-state index contributed by atoms with van der Waals surface area (Å²) < 4.78 is 0. The van der Waals surface area contributed by atoms with E-state index in [2.05, 4.69) is 15.6 Å². The van der Waals surface area contributed by atoms with Crippen LogP contribution in [0.3, 0.4) is 0 Å². The molecule has 1 amide bonds. The van der Waals surface area contributed by atoms with Crippen LogP contribution in [0.4, 0.5) is 0 Å². The predicted octanol–water partition coefficient (Wildman–Crippen LogP) is -0.107. The quantitative estimate of drug-likeness (QED) is 0.625. The summed E-state index contributed by atoms with van der Waals surface area (Å²) >= 11 is 0. The van der Waals surface area contributed by atoms with Crippen LogP contribution in [0.25, 0.3) is 0 Å². The molecule has 0 radical (unpaired) electrons. The van der Waals surface area contributed by atoms with Crippen LogP contribution in [0, 0.1) is 5.92 Å². The van der Waals surface area contributed by atoms with Crippen LogP contribution in [-0.2, 0) is 11.2 Å². The molecule has 4 heteroatoms. The second kappa shape index (κ2) is 4.28. The summed E-state index contributed by atoms with van der Waals surface area (Å²) in [5.41, 5.74) is 1.16. The second-order valence-electron chi connectivity index (χ2n) is 3.59. The SMILES string of the molecule is O=C(NCCc1ccc[nH]1)C1CNC1. The Balaban J connectivity index is 1.65. The third-order valence-corrected chi connectivity index (χ3v) is 2.51. The summed E-state index contributed by atoms with van der Waals surface area (Å²) in [4.78, 5) is 14.5. The minimum Gasteiger partial charge on any atom is -0.365 e. The highest BCUT2D eigenvalue weighted by atomic mass is 16.2. The lowest BCUT2D eigenvalue weighted by Crippen LogP contribution is -2.51. The Kier molecular flexibility index (Phi) is 2.84. The Hall–Kier alpha value is -1.29. The predicted molar refractivity (Wildman–Crippen MR) is 53.9 cm³/mol. The standard InChI is InChI=1S/C10H15N3O/c14-10(8-6-11-7-8)13-5-3-9-2-1-4-12-9/h1-2,4,8,11-12H,3,5-7H2,(H,13,14). The van der Waals surface area contributed by atoms with Crippen molar-refractivity contribution in [2.24, 2.45) is 5.92 Å². The zero-order valence-corrected chi connectivity index (χ0v) is 8.05. The first-order valence-corrected chi connectivity index (χ1v) is 4.97. The van der Waals surface area contributed by atoms with E-state index in [1.807, 2.05) is 18.3 Å². The molecular formula is C10H15N3O. The minimum atomic E-state index is 0.176. The summed E-state index contributed by atoms with van der Waals surface area (Å²) in [6, 6.07) is 3.99. The van der Waals surface area contributed by atoms with Crippen LogP contribution in [0.15, 0.2) is 18.3 Å². The zero-order valence-electron chi connectivity index (χ0n) is 8.05. The van der Waals surface area contributed by atoms with Gasteiger partial charge in [0.05, 0.1) is 5.92 Å². The fourth-order valence-corrected chi connectivity index (χ4v) is 1.46. The van der Waals surface area contributed by atoms with Crippen LogP contribution in [-0.4, -0.2) is 30.5 Å². The molecule has 1 aromatic heterocycles. The van der Waals surface area contributed by atoms with E-state index in [1.165, 1.54) is 0 Å². The number of amides is 1. The van der Waals surface area contributed by atoms with E-state index < -0.39 is 0 Å². The summed E-state index contributed by atoms with van der Waals surface area (Å²) in [6.07, 6.45) is 2.77. The van der Waals surface area contributed by atoms with Gasteiger partial charge in [-0.25, -0.2) is 0 Å². The van der Waals surface area contributed by atoms with Gasteiger partial charge in [0, 0.05) is 37.9 Å². The average Bonchev–Trinajstić information content (AvgIpc) is 2.53. The molecule has 0 bridgehead atoms. The number of aromatic nitrogens is 1. The normalized spacial score (nSPS) is 16.3. The maximum absolute atomic E-state index is 11.4. The van der Waals surface area contributed by atoms with Crippen molar-refractivity contribution in [3.8, 4) is 0 Å². The van der Waals surface area contributed by atoms with Gasteiger partial charge in [-0.1, -0.05) is 0 Å². The van der Waals surface area contributed by atoms with Gasteiger partial charge in [0.25, 0.3) is 0 Å². The van der Waals surface area contributed by atoms with E-state index in [9.17, 15) is 4.79 Å². The number of hydrogen-bond donors (Lipinski definition) is 3. The van der Waals surface area contributed by atoms with Crippen LogP contribution < -0.4 is 10.6 Å². The zero-order chi connectivity index (χ0) is 9.80. The number of aromatic amines is 1. The molecule has 0 aliphatic carbocycles. The molecule has 1 fully saturated rings. The van der Waals surface area contributed by atoms with Crippen molar-refractivity contribution in [3.63, 3.8) is 0 Å². The van der Waals surface area contributed by atoms with Gasteiger partial charge in [0.15, 0.2) is 0 Å². The van der Waals surface area contributed by atoms with Crippen LogP contribution >= 0.6 is 0 Å². The molecule has 76 valence electrons. The number of hydrogen-bond acceptors (Lipinski definition) is 2. The summed E-state index contributed by atoms with van der Waals surface area (Å²) in [6.45, 7) is 2.37. The lowest BCUT2D eigenvalue weighted by molar-refractivity contribution is -0.126. The highest BCUT2D eigenvalue weighted by molar-refractivity contribution is 5.79. The van der Waals surface area contributed by atoms with Crippen LogP contribution in [0.2, 0.25) is 0 Å². The highest BCUT2D eigenvalue weighted by Gasteiger charge is 2.23. The first kappa shape index (κ1) is 9.27. The van der Waals surface area contributed by atoms with Crippen molar-refractivity contribution >= 4 is 5.91 Å². The molecule has 14 heavy (non-hydrogen) atoms. The molecule has 4 nitrogen and oxygen atoms in total. The minimum absolute atomic E-state index is 0.176. The van der Waals surface area contributed by atoms with E-state index in [1.54, 1.807) is 0 Å². The molecule has 0 aromatic carbocycles. The number of carbonyl (C=O) groups is 1. The molecule has 2 rings (SSSR count). The lowest BCUT2D eigenvalue weighted by atomic mass is 10.0. The molecule has 2 heterocycles.